The molecule has 1 heterocycles. The zero-order valence-corrected chi connectivity index (χ0v) is 25.4. The van der Waals surface area contributed by atoms with Gasteiger partial charge in [0.2, 0.25) is 5.69 Å². The molecule has 212 valence electrons. The normalized spacial score (nSPS) is 22.4. The van der Waals surface area contributed by atoms with Crippen LogP contribution in [0.2, 0.25) is 0 Å². The third-order valence-electron chi connectivity index (χ3n) is 11.3. The van der Waals surface area contributed by atoms with Crippen LogP contribution in [0.1, 0.15) is 112 Å². The monoisotopic (exact) mass is 542 g/mol. The number of hydrogen-bond donors (Lipinski definition) is 0. The molecular weight excluding hydrogens is 494 g/mol. The molecular formula is C40H48N+. The Morgan fingerprint density at radius 3 is 2.05 bits per heavy atom. The van der Waals surface area contributed by atoms with Crippen LogP contribution in [-0.4, -0.2) is 0 Å². The quantitative estimate of drug-likeness (QED) is 0.221. The van der Waals surface area contributed by atoms with Crippen LogP contribution in [0.3, 0.4) is 0 Å². The molecule has 3 aromatic carbocycles. The fourth-order valence-corrected chi connectivity index (χ4v) is 8.82. The molecule has 1 nitrogen and oxygen atoms in total. The highest BCUT2D eigenvalue weighted by atomic mass is 14.9. The van der Waals surface area contributed by atoms with Crippen molar-refractivity contribution in [3.05, 3.63) is 89.6 Å². The second-order valence-electron chi connectivity index (χ2n) is 13.8. The minimum absolute atomic E-state index is 0.660. The summed E-state index contributed by atoms with van der Waals surface area (Å²) < 4.78 is 2.38. The van der Waals surface area contributed by atoms with Crippen molar-refractivity contribution in [3.8, 4) is 22.4 Å². The lowest BCUT2D eigenvalue weighted by atomic mass is 9.73. The van der Waals surface area contributed by atoms with Crippen LogP contribution in [0.4, 0.5) is 0 Å². The number of benzene rings is 3. The summed E-state index contributed by atoms with van der Waals surface area (Å²) in [7, 11) is 2.24. The molecule has 3 fully saturated rings. The maximum Gasteiger partial charge on any atom is 0.213 e. The first-order chi connectivity index (χ1) is 20.1. The third kappa shape index (κ3) is 5.50. The first kappa shape index (κ1) is 26.9. The summed E-state index contributed by atoms with van der Waals surface area (Å²) in [6.45, 7) is 2.23. The second kappa shape index (κ2) is 11.7. The summed E-state index contributed by atoms with van der Waals surface area (Å²) in [4.78, 5) is 0. The number of rotatable bonds is 5. The van der Waals surface area contributed by atoms with E-state index in [1.807, 2.05) is 0 Å². The molecule has 0 bridgehead atoms. The molecule has 0 saturated heterocycles. The summed E-state index contributed by atoms with van der Waals surface area (Å²) in [5, 5.41) is 2.79. The first-order valence-corrected chi connectivity index (χ1v) is 16.8. The topological polar surface area (TPSA) is 3.88 Å². The van der Waals surface area contributed by atoms with Gasteiger partial charge in [-0.1, -0.05) is 93.5 Å². The number of fused-ring (bicyclic) bond motifs is 1. The minimum atomic E-state index is 0.660. The Balaban J connectivity index is 1.21. The molecule has 3 saturated carbocycles. The molecule has 7 rings (SSSR count). The number of nitrogens with zero attached hydrogens (tertiary/aromatic N) is 1. The SMILES string of the molecule is Cc1ccccc1-c1cc(-c2ccc3cc(C4CCC(C5CCCC5)CC4)ccc3c2)c(C2CCCCC2)c[n+]1C. The third-order valence-corrected chi connectivity index (χ3v) is 11.3. The fourth-order valence-electron chi connectivity index (χ4n) is 8.82. The van der Waals surface area contributed by atoms with Gasteiger partial charge in [0, 0.05) is 17.2 Å². The zero-order valence-electron chi connectivity index (χ0n) is 25.4. The molecule has 0 atom stereocenters. The highest BCUT2D eigenvalue weighted by Crippen LogP contribution is 2.44. The molecule has 1 aromatic heterocycles. The molecule has 0 N–H and O–H groups in total. The number of pyridine rings is 1. The minimum Gasteiger partial charge on any atom is -0.201 e. The Bertz CT molecular complexity index is 1510. The first-order valence-electron chi connectivity index (χ1n) is 16.8. The van der Waals surface area contributed by atoms with Gasteiger partial charge in [-0.15, -0.1) is 0 Å². The smallest absolute Gasteiger partial charge is 0.201 e. The summed E-state index contributed by atoms with van der Waals surface area (Å²) >= 11 is 0. The lowest BCUT2D eigenvalue weighted by Gasteiger charge is -2.32. The van der Waals surface area contributed by atoms with Crippen LogP contribution in [0.15, 0.2) is 72.9 Å². The summed E-state index contributed by atoms with van der Waals surface area (Å²) in [5.41, 5.74) is 9.90. The van der Waals surface area contributed by atoms with Gasteiger partial charge in [-0.3, -0.25) is 0 Å². The second-order valence-corrected chi connectivity index (χ2v) is 13.8. The Morgan fingerprint density at radius 1 is 0.585 bits per heavy atom. The predicted octanol–water partition coefficient (Wildman–Crippen LogP) is 10.8. The lowest BCUT2D eigenvalue weighted by Crippen LogP contribution is -2.32. The van der Waals surface area contributed by atoms with E-state index in [2.05, 4.69) is 91.5 Å². The Morgan fingerprint density at radius 2 is 1.27 bits per heavy atom. The predicted molar refractivity (Wildman–Crippen MR) is 173 cm³/mol. The molecule has 0 spiro atoms. The molecule has 1 heteroatoms. The van der Waals surface area contributed by atoms with E-state index in [4.69, 9.17) is 0 Å². The van der Waals surface area contributed by atoms with Crippen LogP contribution in [0, 0.1) is 18.8 Å². The molecule has 3 aliphatic rings. The molecule has 0 unspecified atom stereocenters. The van der Waals surface area contributed by atoms with Gasteiger partial charge in [0.25, 0.3) is 0 Å². The van der Waals surface area contributed by atoms with Crippen molar-refractivity contribution >= 4 is 10.8 Å². The average Bonchev–Trinajstić information content (AvgIpc) is 3.57. The van der Waals surface area contributed by atoms with E-state index in [1.54, 1.807) is 11.1 Å². The van der Waals surface area contributed by atoms with Gasteiger partial charge in [0.15, 0.2) is 6.20 Å². The van der Waals surface area contributed by atoms with Gasteiger partial charge in [-0.25, -0.2) is 4.57 Å². The fraction of sp³-hybridized carbons (Fsp3) is 0.475. The maximum atomic E-state index is 2.52. The Kier molecular flexibility index (Phi) is 7.72. The van der Waals surface area contributed by atoms with E-state index in [9.17, 15) is 0 Å². The Labute approximate surface area is 248 Å². The van der Waals surface area contributed by atoms with Gasteiger partial charge in [-0.05, 0) is 114 Å². The average molecular weight is 543 g/mol. The highest BCUT2D eigenvalue weighted by Gasteiger charge is 2.30. The summed E-state index contributed by atoms with van der Waals surface area (Å²) in [6.07, 6.45) is 20.8. The van der Waals surface area contributed by atoms with Crippen LogP contribution in [0.25, 0.3) is 33.2 Å². The van der Waals surface area contributed by atoms with E-state index < -0.39 is 0 Å². The molecule has 0 radical (unpaired) electrons. The van der Waals surface area contributed by atoms with E-state index in [-0.39, 0.29) is 0 Å². The number of aryl methyl sites for hydroxylation is 2. The molecule has 4 aromatic rings. The van der Waals surface area contributed by atoms with Crippen LogP contribution in [0.5, 0.6) is 0 Å². The number of aromatic nitrogens is 1. The van der Waals surface area contributed by atoms with Crippen molar-refractivity contribution in [2.24, 2.45) is 18.9 Å². The van der Waals surface area contributed by atoms with Crippen molar-refractivity contribution in [1.29, 1.82) is 0 Å². The maximum absolute atomic E-state index is 2.52. The van der Waals surface area contributed by atoms with Gasteiger partial charge < -0.3 is 0 Å². The van der Waals surface area contributed by atoms with Gasteiger partial charge in [-0.2, -0.15) is 0 Å². The molecule has 0 aliphatic heterocycles. The van der Waals surface area contributed by atoms with E-state index in [0.717, 1.165) is 17.8 Å². The van der Waals surface area contributed by atoms with Crippen molar-refractivity contribution in [2.75, 3.05) is 0 Å². The van der Waals surface area contributed by atoms with Crippen LogP contribution < -0.4 is 4.57 Å². The van der Waals surface area contributed by atoms with E-state index in [1.165, 1.54) is 122 Å². The summed E-state index contributed by atoms with van der Waals surface area (Å²) in [6, 6.07) is 26.0. The largest absolute Gasteiger partial charge is 0.213 e. The lowest BCUT2D eigenvalue weighted by molar-refractivity contribution is -0.660. The van der Waals surface area contributed by atoms with Crippen molar-refractivity contribution in [1.82, 2.24) is 0 Å². The standard InChI is InChI=1S/C40H48N/c1-28-10-6-9-15-37(28)40-26-38(39(27-41(40)2)32-13-4-3-5-14-32)36-23-22-34-24-33(20-21-35(34)25-36)31-18-16-30(17-19-31)29-11-7-8-12-29/h6,9-10,15,20-27,29-32H,3-5,7-8,11-14,16-19H2,1-2H3/q+1. The summed E-state index contributed by atoms with van der Waals surface area (Å²) in [5.74, 6) is 3.46. The van der Waals surface area contributed by atoms with Crippen molar-refractivity contribution in [3.63, 3.8) is 0 Å². The van der Waals surface area contributed by atoms with E-state index in [0.29, 0.717) is 5.92 Å². The Hall–Kier alpha value is -2.93. The van der Waals surface area contributed by atoms with Gasteiger partial charge in [0.05, 0.1) is 0 Å². The van der Waals surface area contributed by atoms with Crippen LogP contribution in [-0.2, 0) is 7.05 Å². The highest BCUT2D eigenvalue weighted by molar-refractivity contribution is 5.89. The van der Waals surface area contributed by atoms with Crippen molar-refractivity contribution < 1.29 is 4.57 Å². The van der Waals surface area contributed by atoms with Gasteiger partial charge >= 0.3 is 0 Å². The van der Waals surface area contributed by atoms with E-state index >= 15 is 0 Å². The molecule has 41 heavy (non-hydrogen) atoms. The van der Waals surface area contributed by atoms with Crippen molar-refractivity contribution in [2.45, 2.75) is 102 Å². The number of hydrogen-bond acceptors (Lipinski definition) is 0. The van der Waals surface area contributed by atoms with Gasteiger partial charge in [0.1, 0.15) is 7.05 Å². The molecule has 0 amide bonds. The van der Waals surface area contributed by atoms with Crippen LogP contribution >= 0.6 is 0 Å². The zero-order chi connectivity index (χ0) is 27.8. The molecule has 3 aliphatic carbocycles.